The summed E-state index contributed by atoms with van der Waals surface area (Å²) in [5, 5.41) is 29.3. The molecule has 0 aromatic heterocycles. The lowest BCUT2D eigenvalue weighted by atomic mass is 9.94. The maximum absolute atomic E-state index is 12.6. The highest BCUT2D eigenvalue weighted by Gasteiger charge is 2.23. The third-order valence-corrected chi connectivity index (χ3v) is 6.91. The summed E-state index contributed by atoms with van der Waals surface area (Å²) in [6, 6.07) is 0. The first-order chi connectivity index (χ1) is 19.3. The molecule has 7 heteroatoms. The molecule has 6 atom stereocenters. The molecule has 0 amide bonds. The van der Waals surface area contributed by atoms with Crippen molar-refractivity contribution in [1.82, 2.24) is 0 Å². The molecule has 0 saturated heterocycles. The molecule has 1 aliphatic rings. The Morgan fingerprint density at radius 2 is 1.71 bits per heavy atom. The second kappa shape index (κ2) is 19.4. The minimum atomic E-state index is -1.05. The van der Waals surface area contributed by atoms with Gasteiger partial charge in [0.25, 0.3) is 0 Å². The van der Waals surface area contributed by atoms with Crippen LogP contribution in [-0.4, -0.2) is 57.8 Å². The van der Waals surface area contributed by atoms with Gasteiger partial charge in [-0.15, -0.1) is 0 Å². The molecule has 0 saturated carbocycles. The van der Waals surface area contributed by atoms with Gasteiger partial charge in [0.15, 0.2) is 0 Å². The van der Waals surface area contributed by atoms with E-state index in [1.807, 2.05) is 45.1 Å². The average molecular weight is 573 g/mol. The van der Waals surface area contributed by atoms with Crippen LogP contribution >= 0.6 is 0 Å². The molecule has 0 fully saturated rings. The standard InChI is InChI=1S/C34H52O7/c1-23(2)31-15-9-8-14-27(6)32(16-11-17-33(38)40-31)41-34(39)19-18-26(5)20-24(3)12-10-13-25(4)21-29(36)30(37)22-28(7)35/h8-10,12-13,18-21,23,27-32,35-37H,11,14-17,22H2,1-7H3/b9-8-,13-10+,19-18+,24-12+,25-21+,26-20+. The van der Waals surface area contributed by atoms with Gasteiger partial charge in [0.2, 0.25) is 0 Å². The van der Waals surface area contributed by atoms with E-state index in [0.717, 1.165) is 23.1 Å². The Morgan fingerprint density at radius 3 is 2.37 bits per heavy atom. The van der Waals surface area contributed by atoms with Crippen LogP contribution in [-0.2, 0) is 19.1 Å². The Bertz CT molecular complexity index is 997. The smallest absolute Gasteiger partial charge is 0.331 e. The molecule has 0 radical (unpaired) electrons. The number of cyclic esters (lactones) is 1. The lowest BCUT2D eigenvalue weighted by Crippen LogP contribution is -2.27. The van der Waals surface area contributed by atoms with E-state index >= 15 is 0 Å². The maximum atomic E-state index is 12.6. The fraction of sp³-hybridized carbons (Fsp3) is 0.588. The Hall–Kier alpha value is -2.74. The molecule has 1 rings (SSSR count). The van der Waals surface area contributed by atoms with Gasteiger partial charge in [-0.2, -0.15) is 0 Å². The zero-order chi connectivity index (χ0) is 30.9. The van der Waals surface area contributed by atoms with E-state index in [2.05, 4.69) is 32.9 Å². The number of carbonyl (C=O) groups is 2. The second-order valence-corrected chi connectivity index (χ2v) is 11.6. The van der Waals surface area contributed by atoms with Gasteiger partial charge in [0, 0.05) is 25.3 Å². The van der Waals surface area contributed by atoms with Gasteiger partial charge in [0.05, 0.1) is 18.3 Å². The van der Waals surface area contributed by atoms with E-state index in [0.29, 0.717) is 25.7 Å². The third kappa shape index (κ3) is 16.3. The highest BCUT2D eigenvalue weighted by molar-refractivity contribution is 5.82. The minimum Gasteiger partial charge on any atom is -0.462 e. The van der Waals surface area contributed by atoms with Crippen molar-refractivity contribution in [3.63, 3.8) is 0 Å². The van der Waals surface area contributed by atoms with Crippen molar-refractivity contribution >= 4 is 11.9 Å². The quantitative estimate of drug-likeness (QED) is 0.119. The van der Waals surface area contributed by atoms with Crippen LogP contribution in [0.2, 0.25) is 0 Å². The fourth-order valence-electron chi connectivity index (χ4n) is 4.40. The average Bonchev–Trinajstić information content (AvgIpc) is 2.87. The van der Waals surface area contributed by atoms with Crippen molar-refractivity contribution in [1.29, 1.82) is 0 Å². The lowest BCUT2D eigenvalue weighted by Gasteiger charge is -2.24. The van der Waals surface area contributed by atoms with Crippen LogP contribution in [0.5, 0.6) is 0 Å². The van der Waals surface area contributed by atoms with Gasteiger partial charge in [-0.3, -0.25) is 4.79 Å². The number of carbonyl (C=O) groups excluding carboxylic acids is 2. The first kappa shape index (κ1) is 36.3. The highest BCUT2D eigenvalue weighted by atomic mass is 16.5. The Morgan fingerprint density at radius 1 is 1.02 bits per heavy atom. The molecule has 0 spiro atoms. The summed E-state index contributed by atoms with van der Waals surface area (Å²) in [5.74, 6) is -0.228. The number of esters is 2. The minimum absolute atomic E-state index is 0.102. The highest BCUT2D eigenvalue weighted by Crippen LogP contribution is 2.22. The van der Waals surface area contributed by atoms with E-state index < -0.39 is 24.3 Å². The van der Waals surface area contributed by atoms with Gasteiger partial charge in [0.1, 0.15) is 12.2 Å². The van der Waals surface area contributed by atoms with Gasteiger partial charge in [-0.25, -0.2) is 4.79 Å². The van der Waals surface area contributed by atoms with Crippen molar-refractivity contribution in [2.45, 2.75) is 118 Å². The summed E-state index contributed by atoms with van der Waals surface area (Å²) < 4.78 is 11.4. The molecule has 0 aromatic rings. The van der Waals surface area contributed by atoms with Gasteiger partial charge >= 0.3 is 11.9 Å². The monoisotopic (exact) mass is 572 g/mol. The van der Waals surface area contributed by atoms with Crippen LogP contribution in [0.15, 0.2) is 71.4 Å². The van der Waals surface area contributed by atoms with E-state index in [9.17, 15) is 24.9 Å². The zero-order valence-electron chi connectivity index (χ0n) is 26.0. The molecule has 0 aromatic carbocycles. The number of hydrogen-bond acceptors (Lipinski definition) is 7. The van der Waals surface area contributed by atoms with E-state index in [4.69, 9.17) is 9.47 Å². The van der Waals surface area contributed by atoms with Crippen LogP contribution in [0.1, 0.15) is 87.0 Å². The third-order valence-electron chi connectivity index (χ3n) is 6.91. The van der Waals surface area contributed by atoms with E-state index in [1.54, 1.807) is 19.1 Å². The molecule has 3 N–H and O–H groups in total. The topological polar surface area (TPSA) is 113 Å². The summed E-state index contributed by atoms with van der Waals surface area (Å²) in [6.07, 6.45) is 16.3. The summed E-state index contributed by atoms with van der Waals surface area (Å²) in [5.41, 5.74) is 2.62. The summed E-state index contributed by atoms with van der Waals surface area (Å²) in [6.45, 7) is 13.4. The zero-order valence-corrected chi connectivity index (χ0v) is 26.0. The largest absolute Gasteiger partial charge is 0.462 e. The van der Waals surface area contributed by atoms with Crippen LogP contribution in [0, 0.1) is 11.8 Å². The predicted octanol–water partition coefficient (Wildman–Crippen LogP) is 6.07. The molecule has 41 heavy (non-hydrogen) atoms. The fourth-order valence-corrected chi connectivity index (χ4v) is 4.40. The number of rotatable bonds is 11. The normalized spacial score (nSPS) is 25.4. The van der Waals surface area contributed by atoms with Crippen LogP contribution in [0.4, 0.5) is 0 Å². The molecule has 1 heterocycles. The van der Waals surface area contributed by atoms with Crippen molar-refractivity contribution in [2.75, 3.05) is 0 Å². The molecule has 230 valence electrons. The molecule has 7 nitrogen and oxygen atoms in total. The van der Waals surface area contributed by atoms with Crippen molar-refractivity contribution in [2.24, 2.45) is 11.8 Å². The SMILES string of the molecule is CC(=C\C=C\C(C)=C\C(O)C(O)CC(C)O)/C=C(C)/C=C/C(=O)OC1CCCC(=O)OC(C(C)C)C/C=C\CC1C. The number of aliphatic hydroxyl groups is 3. The second-order valence-electron chi connectivity index (χ2n) is 11.6. The molecular formula is C34H52O7. The van der Waals surface area contributed by atoms with Crippen LogP contribution in [0.3, 0.4) is 0 Å². The van der Waals surface area contributed by atoms with Gasteiger partial charge < -0.3 is 24.8 Å². The number of aliphatic hydroxyl groups excluding tert-OH is 3. The van der Waals surface area contributed by atoms with Crippen molar-refractivity contribution in [3.8, 4) is 0 Å². The van der Waals surface area contributed by atoms with Gasteiger partial charge in [-0.05, 0) is 58.8 Å². The van der Waals surface area contributed by atoms with E-state index in [1.165, 1.54) is 6.08 Å². The van der Waals surface area contributed by atoms with Crippen LogP contribution < -0.4 is 0 Å². The Balaban J connectivity index is 2.73. The molecular weight excluding hydrogens is 520 g/mol. The van der Waals surface area contributed by atoms with Gasteiger partial charge in [-0.1, -0.05) is 86.1 Å². The van der Waals surface area contributed by atoms with Crippen molar-refractivity contribution in [3.05, 3.63) is 71.4 Å². The molecule has 1 aliphatic heterocycles. The summed E-state index contributed by atoms with van der Waals surface area (Å²) in [4.78, 5) is 24.9. The maximum Gasteiger partial charge on any atom is 0.331 e. The van der Waals surface area contributed by atoms with Crippen molar-refractivity contribution < 1.29 is 34.4 Å². The summed E-state index contributed by atoms with van der Waals surface area (Å²) in [7, 11) is 0. The number of hydrogen-bond donors (Lipinski definition) is 3. The first-order valence-electron chi connectivity index (χ1n) is 14.8. The predicted molar refractivity (Wildman–Crippen MR) is 164 cm³/mol. The molecule has 6 unspecified atom stereocenters. The van der Waals surface area contributed by atoms with Crippen LogP contribution in [0.25, 0.3) is 0 Å². The Labute approximate surface area is 247 Å². The summed E-state index contributed by atoms with van der Waals surface area (Å²) >= 11 is 0. The van der Waals surface area contributed by atoms with E-state index in [-0.39, 0.29) is 36.4 Å². The molecule has 0 bridgehead atoms. The Kier molecular flexibility index (Phi) is 17.2. The lowest BCUT2D eigenvalue weighted by molar-refractivity contribution is -0.151. The number of ether oxygens (including phenoxy) is 2. The molecule has 0 aliphatic carbocycles. The first-order valence-corrected chi connectivity index (χ1v) is 14.8. The number of allylic oxidation sites excluding steroid dienone is 9.